The summed E-state index contributed by atoms with van der Waals surface area (Å²) >= 11 is 0. The highest BCUT2D eigenvalue weighted by Gasteiger charge is 2.37. The zero-order chi connectivity index (χ0) is 19.5. The predicted octanol–water partition coefficient (Wildman–Crippen LogP) is 1.70. The van der Waals surface area contributed by atoms with Gasteiger partial charge in [0.1, 0.15) is 6.33 Å². The molecule has 0 aliphatic heterocycles. The Hall–Kier alpha value is -2.48. The Morgan fingerprint density at radius 1 is 1.25 bits per heavy atom. The number of hydrogen-bond acceptors (Lipinski definition) is 5. The molecule has 2 aromatic rings. The molecular weight excluding hydrogens is 358 g/mol. The van der Waals surface area contributed by atoms with E-state index < -0.39 is 0 Å². The average Bonchev–Trinajstić information content (AvgIpc) is 3.38. The molecule has 2 amide bonds. The monoisotopic (exact) mass is 385 g/mol. The Balaban J connectivity index is 1.43. The topological polar surface area (TPSA) is 97.6 Å². The summed E-state index contributed by atoms with van der Waals surface area (Å²) in [5, 5.41) is 14.1. The molecule has 3 atom stereocenters. The SMILES string of the molecule is CCCO[C@H]1C[C@@H](C(=O)NC2CC2)CC[C@@H]1NC(=O)c1cccn2cnnc12. The molecular formula is C20H27N5O3. The summed E-state index contributed by atoms with van der Waals surface area (Å²) in [7, 11) is 0. The van der Waals surface area contributed by atoms with Crippen molar-refractivity contribution in [2.24, 2.45) is 5.92 Å². The first kappa shape index (κ1) is 18.9. The lowest BCUT2D eigenvalue weighted by atomic mass is 9.83. The van der Waals surface area contributed by atoms with Gasteiger partial charge in [-0.05, 0) is 50.7 Å². The van der Waals surface area contributed by atoms with E-state index in [1.807, 2.05) is 6.20 Å². The third kappa shape index (κ3) is 4.16. The molecule has 0 bridgehead atoms. The van der Waals surface area contributed by atoms with Crippen molar-refractivity contribution in [3.05, 3.63) is 30.2 Å². The normalized spacial score (nSPS) is 24.8. The zero-order valence-electron chi connectivity index (χ0n) is 16.1. The van der Waals surface area contributed by atoms with Gasteiger partial charge >= 0.3 is 0 Å². The largest absolute Gasteiger partial charge is 0.376 e. The smallest absolute Gasteiger partial charge is 0.255 e. The van der Waals surface area contributed by atoms with Crippen molar-refractivity contribution < 1.29 is 14.3 Å². The molecule has 0 spiro atoms. The summed E-state index contributed by atoms with van der Waals surface area (Å²) in [6, 6.07) is 3.79. The highest BCUT2D eigenvalue weighted by atomic mass is 16.5. The predicted molar refractivity (Wildman–Crippen MR) is 103 cm³/mol. The van der Waals surface area contributed by atoms with E-state index in [1.54, 1.807) is 22.9 Å². The van der Waals surface area contributed by atoms with Gasteiger partial charge in [0.05, 0.1) is 17.7 Å². The number of ether oxygens (including phenoxy) is 1. The van der Waals surface area contributed by atoms with Gasteiger partial charge in [0.25, 0.3) is 5.91 Å². The van der Waals surface area contributed by atoms with E-state index in [9.17, 15) is 9.59 Å². The van der Waals surface area contributed by atoms with Crippen molar-refractivity contribution in [1.29, 1.82) is 0 Å². The van der Waals surface area contributed by atoms with Crippen molar-refractivity contribution in [2.75, 3.05) is 6.61 Å². The molecule has 0 aromatic carbocycles. The Kier molecular flexibility index (Phi) is 5.57. The molecule has 8 nitrogen and oxygen atoms in total. The second-order valence-electron chi connectivity index (χ2n) is 7.77. The molecule has 0 unspecified atom stereocenters. The van der Waals surface area contributed by atoms with Gasteiger partial charge in [-0.1, -0.05) is 6.92 Å². The van der Waals surface area contributed by atoms with Crippen LogP contribution in [-0.4, -0.2) is 51.2 Å². The molecule has 2 heterocycles. The summed E-state index contributed by atoms with van der Waals surface area (Å²) in [5.74, 6) is -0.101. The summed E-state index contributed by atoms with van der Waals surface area (Å²) in [6.45, 7) is 2.67. The highest BCUT2D eigenvalue weighted by molar-refractivity contribution is 5.99. The van der Waals surface area contributed by atoms with Gasteiger partial charge in [-0.2, -0.15) is 0 Å². The minimum atomic E-state index is -0.186. The molecule has 2 N–H and O–H groups in total. The third-order valence-corrected chi connectivity index (χ3v) is 5.51. The van der Waals surface area contributed by atoms with Gasteiger partial charge in [0.15, 0.2) is 5.65 Å². The standard InChI is InChI=1S/C20H27N5O3/c1-2-10-28-17-11-13(19(26)22-14-6-7-14)5-8-16(17)23-20(27)15-4-3-9-25-12-21-24-18(15)25/h3-4,9,12-14,16-17H,2,5-8,10-11H2,1H3,(H,22,26)(H,23,27)/t13-,16-,17-/m0/s1. The number of nitrogens with one attached hydrogen (secondary N) is 2. The fourth-order valence-corrected chi connectivity index (χ4v) is 3.81. The second kappa shape index (κ2) is 8.26. The van der Waals surface area contributed by atoms with E-state index in [1.165, 1.54) is 0 Å². The van der Waals surface area contributed by atoms with Gasteiger partial charge in [-0.15, -0.1) is 10.2 Å². The van der Waals surface area contributed by atoms with Crippen molar-refractivity contribution >= 4 is 17.5 Å². The number of pyridine rings is 1. The fourth-order valence-electron chi connectivity index (χ4n) is 3.81. The molecule has 28 heavy (non-hydrogen) atoms. The highest BCUT2D eigenvalue weighted by Crippen LogP contribution is 2.29. The maximum atomic E-state index is 12.9. The maximum Gasteiger partial charge on any atom is 0.255 e. The fraction of sp³-hybridized carbons (Fsp3) is 0.600. The summed E-state index contributed by atoms with van der Waals surface area (Å²) < 4.78 is 7.75. The molecule has 2 fully saturated rings. The van der Waals surface area contributed by atoms with Gasteiger partial charge in [-0.25, -0.2) is 0 Å². The number of fused-ring (bicyclic) bond motifs is 1. The molecule has 0 radical (unpaired) electrons. The summed E-state index contributed by atoms with van der Waals surface area (Å²) in [5.41, 5.74) is 1.02. The van der Waals surface area contributed by atoms with Gasteiger partial charge in [0.2, 0.25) is 5.91 Å². The average molecular weight is 385 g/mol. The molecule has 2 aliphatic carbocycles. The lowest BCUT2D eigenvalue weighted by Crippen LogP contribution is -2.50. The van der Waals surface area contributed by atoms with Crippen molar-refractivity contribution in [3.63, 3.8) is 0 Å². The number of nitrogens with zero attached hydrogens (tertiary/aromatic N) is 3. The van der Waals surface area contributed by atoms with Crippen LogP contribution in [0.1, 0.15) is 55.8 Å². The molecule has 4 rings (SSSR count). The van der Waals surface area contributed by atoms with Crippen LogP contribution >= 0.6 is 0 Å². The molecule has 2 saturated carbocycles. The Labute approximate surface area is 164 Å². The molecule has 2 aromatic heterocycles. The van der Waals surface area contributed by atoms with Crippen molar-refractivity contribution in [1.82, 2.24) is 25.2 Å². The van der Waals surface area contributed by atoms with Crippen LogP contribution in [-0.2, 0) is 9.53 Å². The van der Waals surface area contributed by atoms with E-state index >= 15 is 0 Å². The first-order chi connectivity index (χ1) is 13.7. The van der Waals surface area contributed by atoms with Gasteiger partial charge < -0.3 is 15.4 Å². The Bertz CT molecular complexity index is 847. The lowest BCUT2D eigenvalue weighted by Gasteiger charge is -2.36. The minimum absolute atomic E-state index is 0.0458. The molecule has 8 heteroatoms. The molecule has 2 aliphatic rings. The quantitative estimate of drug-likeness (QED) is 0.756. The summed E-state index contributed by atoms with van der Waals surface area (Å²) in [6.07, 6.45) is 8.40. The van der Waals surface area contributed by atoms with E-state index in [0.29, 0.717) is 30.3 Å². The van der Waals surface area contributed by atoms with E-state index in [-0.39, 0.29) is 29.9 Å². The van der Waals surface area contributed by atoms with E-state index in [2.05, 4.69) is 27.8 Å². The third-order valence-electron chi connectivity index (χ3n) is 5.51. The van der Waals surface area contributed by atoms with Crippen LogP contribution in [0, 0.1) is 5.92 Å². The van der Waals surface area contributed by atoms with Crippen LogP contribution in [0.4, 0.5) is 0 Å². The Morgan fingerprint density at radius 3 is 2.89 bits per heavy atom. The van der Waals surface area contributed by atoms with Crippen LogP contribution in [0.5, 0.6) is 0 Å². The lowest BCUT2D eigenvalue weighted by molar-refractivity contribution is -0.128. The molecule has 0 saturated heterocycles. The van der Waals surface area contributed by atoms with Gasteiger partial charge in [-0.3, -0.25) is 14.0 Å². The van der Waals surface area contributed by atoms with Crippen LogP contribution in [0.3, 0.4) is 0 Å². The number of carbonyl (C=O) groups excluding carboxylic acids is 2. The number of rotatable bonds is 7. The maximum absolute atomic E-state index is 12.9. The van der Waals surface area contributed by atoms with Gasteiger partial charge in [0, 0.05) is 24.8 Å². The second-order valence-corrected chi connectivity index (χ2v) is 7.77. The number of aromatic nitrogens is 3. The van der Waals surface area contributed by atoms with Crippen LogP contribution in [0.2, 0.25) is 0 Å². The Morgan fingerprint density at radius 2 is 2.11 bits per heavy atom. The van der Waals surface area contributed by atoms with Crippen LogP contribution in [0.15, 0.2) is 24.7 Å². The van der Waals surface area contributed by atoms with Crippen molar-refractivity contribution in [3.8, 4) is 0 Å². The van der Waals surface area contributed by atoms with E-state index in [0.717, 1.165) is 32.1 Å². The zero-order valence-corrected chi connectivity index (χ0v) is 16.1. The molecule has 150 valence electrons. The number of carbonyl (C=O) groups is 2. The first-order valence-corrected chi connectivity index (χ1v) is 10.2. The first-order valence-electron chi connectivity index (χ1n) is 10.2. The van der Waals surface area contributed by atoms with Crippen molar-refractivity contribution in [2.45, 2.75) is 63.6 Å². The van der Waals surface area contributed by atoms with Crippen LogP contribution < -0.4 is 10.6 Å². The van der Waals surface area contributed by atoms with E-state index in [4.69, 9.17) is 4.74 Å². The summed E-state index contributed by atoms with van der Waals surface area (Å²) in [4.78, 5) is 25.3. The number of hydrogen-bond donors (Lipinski definition) is 2. The minimum Gasteiger partial charge on any atom is -0.376 e. The number of amides is 2. The van der Waals surface area contributed by atoms with Crippen LogP contribution in [0.25, 0.3) is 5.65 Å².